The summed E-state index contributed by atoms with van der Waals surface area (Å²) >= 11 is 0. The molecule has 2 N–H and O–H groups in total. The van der Waals surface area contributed by atoms with Crippen LogP contribution in [0.5, 0.6) is 0 Å². The molecule has 0 radical (unpaired) electrons. The second kappa shape index (κ2) is 7.24. The lowest BCUT2D eigenvalue weighted by Crippen LogP contribution is -2.62. The van der Waals surface area contributed by atoms with E-state index in [1.807, 2.05) is 0 Å². The third-order valence-corrected chi connectivity index (χ3v) is 6.02. The van der Waals surface area contributed by atoms with Crippen LogP contribution in [-0.4, -0.2) is 54.6 Å². The van der Waals surface area contributed by atoms with E-state index in [9.17, 15) is 0 Å². The van der Waals surface area contributed by atoms with Gasteiger partial charge in [0.05, 0.1) is 0 Å². The maximum Gasteiger partial charge on any atom is 0.0356 e. The predicted octanol–water partition coefficient (Wildman–Crippen LogP) is 2.70. The number of likely N-dealkylation sites (N-methyl/N-ethyl adjacent to an activating group) is 1. The molecule has 1 saturated heterocycles. The summed E-state index contributed by atoms with van der Waals surface area (Å²) in [5.41, 5.74) is 6.51. The molecule has 2 aliphatic rings. The van der Waals surface area contributed by atoms with Crippen molar-refractivity contribution >= 4 is 0 Å². The highest BCUT2D eigenvalue weighted by molar-refractivity contribution is 4.98. The Balaban J connectivity index is 1.99. The van der Waals surface area contributed by atoms with Crippen molar-refractivity contribution in [3.63, 3.8) is 0 Å². The molecule has 1 heterocycles. The van der Waals surface area contributed by atoms with Gasteiger partial charge in [0.1, 0.15) is 0 Å². The molecule has 118 valence electrons. The number of hydrogen-bond acceptors (Lipinski definition) is 3. The van der Waals surface area contributed by atoms with Gasteiger partial charge in [0.2, 0.25) is 0 Å². The van der Waals surface area contributed by atoms with Crippen LogP contribution < -0.4 is 5.73 Å². The first-order valence-corrected chi connectivity index (χ1v) is 8.78. The van der Waals surface area contributed by atoms with Crippen molar-refractivity contribution in [3.05, 3.63) is 0 Å². The molecule has 2 atom stereocenters. The minimum Gasteiger partial charge on any atom is -0.329 e. The minimum absolute atomic E-state index is 0.264. The fourth-order valence-electron chi connectivity index (χ4n) is 4.43. The van der Waals surface area contributed by atoms with Gasteiger partial charge in [-0.15, -0.1) is 0 Å². The zero-order chi connectivity index (χ0) is 14.6. The molecule has 2 fully saturated rings. The SMILES string of the molecule is CCCN1CCC(CN)(N(C)C2CCCCC2C)CC1. The summed E-state index contributed by atoms with van der Waals surface area (Å²) < 4.78 is 0. The molecule has 1 aliphatic carbocycles. The molecule has 0 spiro atoms. The summed E-state index contributed by atoms with van der Waals surface area (Å²) in [6, 6.07) is 0.755. The number of hydrogen-bond donors (Lipinski definition) is 1. The molecule has 3 heteroatoms. The lowest BCUT2D eigenvalue weighted by molar-refractivity contribution is -0.0107. The Morgan fingerprint density at radius 3 is 2.40 bits per heavy atom. The molecule has 3 nitrogen and oxygen atoms in total. The average molecular weight is 281 g/mol. The lowest BCUT2D eigenvalue weighted by atomic mass is 9.79. The molecule has 1 aliphatic heterocycles. The number of likely N-dealkylation sites (tertiary alicyclic amines) is 1. The first-order valence-electron chi connectivity index (χ1n) is 8.78. The van der Waals surface area contributed by atoms with Crippen LogP contribution in [0.1, 0.15) is 58.8 Å². The van der Waals surface area contributed by atoms with Gasteiger partial charge in [0.25, 0.3) is 0 Å². The van der Waals surface area contributed by atoms with E-state index in [4.69, 9.17) is 5.73 Å². The van der Waals surface area contributed by atoms with Gasteiger partial charge in [-0.1, -0.05) is 26.7 Å². The standard InChI is InChI=1S/C17H35N3/c1-4-11-20-12-9-17(14-18,10-13-20)19(3)16-8-6-5-7-15(16)2/h15-16H,4-14,18H2,1-3H3. The van der Waals surface area contributed by atoms with Crippen LogP contribution in [0.25, 0.3) is 0 Å². The highest BCUT2D eigenvalue weighted by atomic mass is 15.2. The van der Waals surface area contributed by atoms with Crippen LogP contribution in [0, 0.1) is 5.92 Å². The van der Waals surface area contributed by atoms with Gasteiger partial charge in [-0.3, -0.25) is 4.90 Å². The van der Waals surface area contributed by atoms with Crippen molar-refractivity contribution in [1.82, 2.24) is 9.80 Å². The van der Waals surface area contributed by atoms with E-state index >= 15 is 0 Å². The number of nitrogens with two attached hydrogens (primary N) is 1. The second-order valence-corrected chi connectivity index (χ2v) is 7.21. The molecule has 1 saturated carbocycles. The molecule has 0 aromatic heterocycles. The van der Waals surface area contributed by atoms with Crippen LogP contribution in [0.15, 0.2) is 0 Å². The highest BCUT2D eigenvalue weighted by Gasteiger charge is 2.41. The molecule has 20 heavy (non-hydrogen) atoms. The summed E-state index contributed by atoms with van der Waals surface area (Å²) in [6.45, 7) is 9.27. The van der Waals surface area contributed by atoms with E-state index < -0.39 is 0 Å². The number of nitrogens with zero attached hydrogens (tertiary/aromatic N) is 2. The Hall–Kier alpha value is -0.120. The van der Waals surface area contributed by atoms with Gasteiger partial charge in [-0.2, -0.15) is 0 Å². The van der Waals surface area contributed by atoms with Crippen molar-refractivity contribution in [2.75, 3.05) is 33.2 Å². The average Bonchev–Trinajstić information content (AvgIpc) is 2.48. The van der Waals surface area contributed by atoms with Crippen LogP contribution >= 0.6 is 0 Å². The molecule has 0 aromatic rings. The monoisotopic (exact) mass is 281 g/mol. The van der Waals surface area contributed by atoms with Crippen molar-refractivity contribution in [1.29, 1.82) is 0 Å². The topological polar surface area (TPSA) is 32.5 Å². The van der Waals surface area contributed by atoms with E-state index in [-0.39, 0.29) is 5.54 Å². The second-order valence-electron chi connectivity index (χ2n) is 7.21. The maximum atomic E-state index is 6.25. The summed E-state index contributed by atoms with van der Waals surface area (Å²) in [5, 5.41) is 0. The predicted molar refractivity (Wildman–Crippen MR) is 86.9 cm³/mol. The van der Waals surface area contributed by atoms with Crippen LogP contribution in [0.4, 0.5) is 0 Å². The van der Waals surface area contributed by atoms with Gasteiger partial charge in [-0.05, 0) is 64.7 Å². The fourth-order valence-corrected chi connectivity index (χ4v) is 4.43. The largest absolute Gasteiger partial charge is 0.329 e. The molecular formula is C17H35N3. The van der Waals surface area contributed by atoms with Crippen molar-refractivity contribution in [2.45, 2.75) is 70.4 Å². The minimum atomic E-state index is 0.264. The Morgan fingerprint density at radius 2 is 1.85 bits per heavy atom. The summed E-state index contributed by atoms with van der Waals surface area (Å²) in [4.78, 5) is 5.31. The number of rotatable bonds is 5. The quantitative estimate of drug-likeness (QED) is 0.841. The summed E-state index contributed by atoms with van der Waals surface area (Å²) in [5.74, 6) is 0.839. The fraction of sp³-hybridized carbons (Fsp3) is 1.00. The van der Waals surface area contributed by atoms with E-state index in [1.165, 1.54) is 64.6 Å². The van der Waals surface area contributed by atoms with Crippen molar-refractivity contribution in [3.8, 4) is 0 Å². The Morgan fingerprint density at radius 1 is 1.20 bits per heavy atom. The molecular weight excluding hydrogens is 246 g/mol. The molecule has 2 unspecified atom stereocenters. The molecule has 0 amide bonds. The van der Waals surface area contributed by atoms with E-state index in [0.717, 1.165) is 18.5 Å². The third-order valence-electron chi connectivity index (χ3n) is 6.02. The maximum absolute atomic E-state index is 6.25. The smallest absolute Gasteiger partial charge is 0.0356 e. The number of piperidine rings is 1. The Labute approximate surface area is 125 Å². The van der Waals surface area contributed by atoms with Crippen molar-refractivity contribution < 1.29 is 0 Å². The van der Waals surface area contributed by atoms with Crippen LogP contribution in [0.2, 0.25) is 0 Å². The van der Waals surface area contributed by atoms with E-state index in [0.29, 0.717) is 0 Å². The highest BCUT2D eigenvalue weighted by Crippen LogP contribution is 2.35. The van der Waals surface area contributed by atoms with E-state index in [2.05, 4.69) is 30.7 Å². The van der Waals surface area contributed by atoms with Crippen LogP contribution in [-0.2, 0) is 0 Å². The first kappa shape index (κ1) is 16.3. The Bertz CT molecular complexity index is 284. The van der Waals surface area contributed by atoms with Crippen molar-refractivity contribution in [2.24, 2.45) is 11.7 Å². The van der Waals surface area contributed by atoms with Crippen LogP contribution in [0.3, 0.4) is 0 Å². The van der Waals surface area contributed by atoms with Gasteiger partial charge < -0.3 is 10.6 Å². The molecule has 0 bridgehead atoms. The molecule has 2 rings (SSSR count). The molecule has 0 aromatic carbocycles. The van der Waals surface area contributed by atoms with Gasteiger partial charge in [0.15, 0.2) is 0 Å². The Kier molecular flexibility index (Phi) is 5.88. The van der Waals surface area contributed by atoms with Gasteiger partial charge in [-0.25, -0.2) is 0 Å². The zero-order valence-corrected chi connectivity index (χ0v) is 13.9. The summed E-state index contributed by atoms with van der Waals surface area (Å²) in [6.07, 6.45) is 9.38. The first-order chi connectivity index (χ1) is 9.63. The normalized spacial score (nSPS) is 31.6. The van der Waals surface area contributed by atoms with Gasteiger partial charge in [0, 0.05) is 18.1 Å². The third kappa shape index (κ3) is 3.37. The van der Waals surface area contributed by atoms with Gasteiger partial charge >= 0.3 is 0 Å². The zero-order valence-electron chi connectivity index (χ0n) is 13.9. The van der Waals surface area contributed by atoms with E-state index in [1.54, 1.807) is 0 Å². The lowest BCUT2D eigenvalue weighted by Gasteiger charge is -2.52. The summed E-state index contributed by atoms with van der Waals surface area (Å²) in [7, 11) is 2.36.